The van der Waals surface area contributed by atoms with Gasteiger partial charge in [0, 0.05) is 13.1 Å². The van der Waals surface area contributed by atoms with E-state index in [2.05, 4.69) is 29.3 Å². The van der Waals surface area contributed by atoms with Crippen molar-refractivity contribution in [2.75, 3.05) is 33.3 Å². The minimum atomic E-state index is -0.330. The maximum absolute atomic E-state index is 13.5. The fraction of sp³-hybridized carbons (Fsp3) is 0.667. The number of rotatable bonds is 6. The molecular formula is C21H32N2O2. The molecule has 1 N–H and O–H groups in total. The van der Waals surface area contributed by atoms with Gasteiger partial charge in [-0.1, -0.05) is 31.9 Å². The molecule has 4 heteroatoms. The number of ether oxygens (including phenoxy) is 1. The number of piperidine rings is 1. The van der Waals surface area contributed by atoms with Crippen molar-refractivity contribution in [3.63, 3.8) is 0 Å². The zero-order valence-electron chi connectivity index (χ0n) is 15.7. The van der Waals surface area contributed by atoms with Gasteiger partial charge >= 0.3 is 0 Å². The predicted molar refractivity (Wildman–Crippen MR) is 101 cm³/mol. The second-order valence-corrected chi connectivity index (χ2v) is 7.56. The second kappa shape index (κ2) is 8.22. The van der Waals surface area contributed by atoms with Crippen LogP contribution in [0.15, 0.2) is 24.3 Å². The largest absolute Gasteiger partial charge is 0.497 e. The monoisotopic (exact) mass is 344 g/mol. The molecule has 0 aromatic heterocycles. The summed E-state index contributed by atoms with van der Waals surface area (Å²) in [6, 6.07) is 8.16. The Morgan fingerprint density at radius 2 is 2.00 bits per heavy atom. The number of methoxy groups -OCH3 is 1. The van der Waals surface area contributed by atoms with Crippen molar-refractivity contribution in [1.29, 1.82) is 0 Å². The van der Waals surface area contributed by atoms with Crippen LogP contribution < -0.4 is 10.1 Å². The summed E-state index contributed by atoms with van der Waals surface area (Å²) in [4.78, 5) is 15.6. The van der Waals surface area contributed by atoms with Crippen LogP contribution in [0.5, 0.6) is 5.75 Å². The number of nitrogens with one attached hydrogen (secondary N) is 1. The van der Waals surface area contributed by atoms with Crippen LogP contribution in [0.4, 0.5) is 0 Å². The van der Waals surface area contributed by atoms with Gasteiger partial charge in [-0.25, -0.2) is 0 Å². The highest BCUT2D eigenvalue weighted by Crippen LogP contribution is 2.44. The average Bonchev–Trinajstić information content (AvgIpc) is 3.17. The number of benzene rings is 1. The lowest BCUT2D eigenvalue weighted by molar-refractivity contribution is -0.138. The summed E-state index contributed by atoms with van der Waals surface area (Å²) in [5.74, 6) is 1.90. The van der Waals surface area contributed by atoms with E-state index in [1.807, 2.05) is 12.1 Å². The van der Waals surface area contributed by atoms with Crippen molar-refractivity contribution in [2.45, 2.75) is 50.9 Å². The molecule has 0 spiro atoms. The molecule has 4 nitrogen and oxygen atoms in total. The summed E-state index contributed by atoms with van der Waals surface area (Å²) in [7, 11) is 1.69. The molecule has 1 aliphatic heterocycles. The molecule has 0 unspecified atom stereocenters. The lowest BCUT2D eigenvalue weighted by atomic mass is 9.77. The molecule has 0 bridgehead atoms. The van der Waals surface area contributed by atoms with Gasteiger partial charge in [-0.3, -0.25) is 4.79 Å². The number of carbonyl (C=O) groups is 1. The topological polar surface area (TPSA) is 41.6 Å². The Bertz CT molecular complexity index is 573. The van der Waals surface area contributed by atoms with E-state index in [1.54, 1.807) is 7.11 Å². The highest BCUT2D eigenvalue weighted by atomic mass is 16.5. The van der Waals surface area contributed by atoms with Crippen molar-refractivity contribution in [3.8, 4) is 5.75 Å². The van der Waals surface area contributed by atoms with Gasteiger partial charge in [-0.15, -0.1) is 0 Å². The molecule has 1 saturated heterocycles. The number of carbonyl (C=O) groups excluding carboxylic acids is 1. The summed E-state index contributed by atoms with van der Waals surface area (Å²) >= 11 is 0. The molecule has 1 amide bonds. The first-order valence-electron chi connectivity index (χ1n) is 9.84. The van der Waals surface area contributed by atoms with E-state index in [1.165, 1.54) is 0 Å². The van der Waals surface area contributed by atoms with Crippen molar-refractivity contribution in [2.24, 2.45) is 5.92 Å². The van der Waals surface area contributed by atoms with Crippen LogP contribution in [0, 0.1) is 5.92 Å². The van der Waals surface area contributed by atoms with E-state index in [9.17, 15) is 4.79 Å². The lowest BCUT2D eigenvalue weighted by Crippen LogP contribution is -2.49. The number of nitrogens with zero attached hydrogens (tertiary/aromatic N) is 1. The Morgan fingerprint density at radius 1 is 1.28 bits per heavy atom. The number of likely N-dealkylation sites (tertiary alicyclic amines) is 1. The molecule has 2 aliphatic rings. The first-order chi connectivity index (χ1) is 12.2. The maximum Gasteiger partial charge on any atom is 0.233 e. The standard InChI is InChI=1S/C21H32N2O2/c1-3-22-16-17-9-13-23(14-10-17)20(24)21(11-4-5-12-21)18-7-6-8-19(15-18)25-2/h6-8,15,17,22H,3-5,9-14,16H2,1-2H3. The minimum Gasteiger partial charge on any atom is -0.497 e. The lowest BCUT2D eigenvalue weighted by Gasteiger charge is -2.39. The molecule has 138 valence electrons. The molecule has 0 atom stereocenters. The normalized spacial score (nSPS) is 20.6. The molecule has 1 heterocycles. The van der Waals surface area contributed by atoms with E-state index < -0.39 is 0 Å². The average molecular weight is 344 g/mol. The number of hydrogen-bond acceptors (Lipinski definition) is 3. The molecule has 1 aliphatic carbocycles. The summed E-state index contributed by atoms with van der Waals surface area (Å²) in [5, 5.41) is 3.45. The molecular weight excluding hydrogens is 312 g/mol. The molecule has 1 saturated carbocycles. The summed E-state index contributed by atoms with van der Waals surface area (Å²) < 4.78 is 5.40. The third-order valence-electron chi connectivity index (χ3n) is 6.07. The minimum absolute atomic E-state index is 0.330. The molecule has 3 rings (SSSR count). The van der Waals surface area contributed by atoms with E-state index in [0.717, 1.165) is 76.0 Å². The highest BCUT2D eigenvalue weighted by molar-refractivity contribution is 5.89. The zero-order valence-corrected chi connectivity index (χ0v) is 15.7. The second-order valence-electron chi connectivity index (χ2n) is 7.56. The van der Waals surface area contributed by atoms with Crippen LogP contribution in [0.25, 0.3) is 0 Å². The first-order valence-corrected chi connectivity index (χ1v) is 9.84. The zero-order chi connectivity index (χ0) is 17.7. The molecule has 2 fully saturated rings. The van der Waals surface area contributed by atoms with Gasteiger partial charge in [0.2, 0.25) is 5.91 Å². The van der Waals surface area contributed by atoms with Crippen LogP contribution >= 0.6 is 0 Å². The predicted octanol–water partition coefficient (Wildman–Crippen LogP) is 3.36. The SMILES string of the molecule is CCNCC1CCN(C(=O)C2(c3cccc(OC)c3)CCCC2)CC1. The molecule has 1 aromatic rings. The third-order valence-corrected chi connectivity index (χ3v) is 6.07. The van der Waals surface area contributed by atoms with Gasteiger partial charge < -0.3 is 15.0 Å². The van der Waals surface area contributed by atoms with Gasteiger partial charge in [-0.05, 0) is 62.4 Å². The Hall–Kier alpha value is -1.55. The summed E-state index contributed by atoms with van der Waals surface area (Å²) in [6.45, 7) is 6.06. The van der Waals surface area contributed by atoms with Crippen molar-refractivity contribution in [1.82, 2.24) is 10.2 Å². The first kappa shape index (κ1) is 18.2. The van der Waals surface area contributed by atoms with E-state index in [0.29, 0.717) is 11.8 Å². The van der Waals surface area contributed by atoms with Crippen LogP contribution in [-0.2, 0) is 10.2 Å². The summed E-state index contributed by atoms with van der Waals surface area (Å²) in [5.41, 5.74) is 0.812. The van der Waals surface area contributed by atoms with Crippen LogP contribution in [-0.4, -0.2) is 44.1 Å². The van der Waals surface area contributed by atoms with Gasteiger partial charge in [0.1, 0.15) is 5.75 Å². The third kappa shape index (κ3) is 3.84. The fourth-order valence-electron chi connectivity index (χ4n) is 4.52. The quantitative estimate of drug-likeness (QED) is 0.860. The van der Waals surface area contributed by atoms with Crippen LogP contribution in [0.3, 0.4) is 0 Å². The van der Waals surface area contributed by atoms with Crippen LogP contribution in [0.2, 0.25) is 0 Å². The van der Waals surface area contributed by atoms with E-state index >= 15 is 0 Å². The number of amides is 1. The van der Waals surface area contributed by atoms with Gasteiger partial charge in [0.05, 0.1) is 12.5 Å². The van der Waals surface area contributed by atoms with Gasteiger partial charge in [-0.2, -0.15) is 0 Å². The molecule has 1 aromatic carbocycles. The summed E-state index contributed by atoms with van der Waals surface area (Å²) in [6.07, 6.45) is 6.45. The van der Waals surface area contributed by atoms with Crippen molar-refractivity contribution >= 4 is 5.91 Å². The number of hydrogen-bond donors (Lipinski definition) is 1. The van der Waals surface area contributed by atoms with E-state index in [4.69, 9.17) is 4.74 Å². The van der Waals surface area contributed by atoms with Crippen LogP contribution in [0.1, 0.15) is 51.0 Å². The Kier molecular flexibility index (Phi) is 6.00. The van der Waals surface area contributed by atoms with E-state index in [-0.39, 0.29) is 5.41 Å². The molecule has 25 heavy (non-hydrogen) atoms. The van der Waals surface area contributed by atoms with Gasteiger partial charge in [0.25, 0.3) is 0 Å². The van der Waals surface area contributed by atoms with Gasteiger partial charge in [0.15, 0.2) is 0 Å². The Labute approximate surface area is 151 Å². The maximum atomic E-state index is 13.5. The Balaban J connectivity index is 1.73. The van der Waals surface area contributed by atoms with Crippen molar-refractivity contribution < 1.29 is 9.53 Å². The fourth-order valence-corrected chi connectivity index (χ4v) is 4.52. The highest BCUT2D eigenvalue weighted by Gasteiger charge is 2.45. The Morgan fingerprint density at radius 3 is 2.64 bits per heavy atom. The van der Waals surface area contributed by atoms with Crippen molar-refractivity contribution in [3.05, 3.63) is 29.8 Å². The molecule has 0 radical (unpaired) electrons. The smallest absolute Gasteiger partial charge is 0.233 e.